The van der Waals surface area contributed by atoms with E-state index in [4.69, 9.17) is 9.47 Å². The summed E-state index contributed by atoms with van der Waals surface area (Å²) in [5.74, 6) is 0.992. The maximum absolute atomic E-state index is 12.8. The smallest absolute Gasteiger partial charge is 0.242 e. The van der Waals surface area contributed by atoms with Crippen molar-refractivity contribution >= 4 is 17.5 Å². The Morgan fingerprint density at radius 3 is 2.65 bits per heavy atom. The summed E-state index contributed by atoms with van der Waals surface area (Å²) in [6.45, 7) is 2.90. The van der Waals surface area contributed by atoms with E-state index in [0.29, 0.717) is 30.3 Å². The second kappa shape index (κ2) is 6.71. The summed E-state index contributed by atoms with van der Waals surface area (Å²) >= 11 is 0. The van der Waals surface area contributed by atoms with Crippen molar-refractivity contribution in [2.75, 3.05) is 24.8 Å². The van der Waals surface area contributed by atoms with Gasteiger partial charge in [0.2, 0.25) is 18.6 Å². The first-order valence-corrected chi connectivity index (χ1v) is 8.64. The summed E-state index contributed by atoms with van der Waals surface area (Å²) in [6, 6.07) is 13.4. The lowest BCUT2D eigenvalue weighted by atomic mass is 10.00. The van der Waals surface area contributed by atoms with Gasteiger partial charge in [-0.2, -0.15) is 0 Å². The van der Waals surface area contributed by atoms with Crippen molar-refractivity contribution in [1.29, 1.82) is 0 Å². The number of rotatable bonds is 3. The van der Waals surface area contributed by atoms with Gasteiger partial charge in [0, 0.05) is 31.8 Å². The molecular weight excluding hydrogens is 332 g/mol. The van der Waals surface area contributed by atoms with Gasteiger partial charge in [0.15, 0.2) is 11.5 Å². The molecule has 2 amide bonds. The summed E-state index contributed by atoms with van der Waals surface area (Å²) in [6.07, 6.45) is 0.839. The zero-order valence-corrected chi connectivity index (χ0v) is 14.6. The van der Waals surface area contributed by atoms with Crippen molar-refractivity contribution in [2.24, 2.45) is 0 Å². The van der Waals surface area contributed by atoms with Gasteiger partial charge >= 0.3 is 0 Å². The van der Waals surface area contributed by atoms with E-state index in [0.717, 1.165) is 6.42 Å². The van der Waals surface area contributed by atoms with Crippen LogP contribution in [-0.4, -0.2) is 36.6 Å². The van der Waals surface area contributed by atoms with E-state index in [1.54, 1.807) is 18.2 Å². The number of hydrogen-bond acceptors (Lipinski definition) is 4. The first-order chi connectivity index (χ1) is 12.6. The molecule has 0 bridgehead atoms. The summed E-state index contributed by atoms with van der Waals surface area (Å²) in [5.41, 5.74) is 3.09. The molecule has 134 valence electrons. The van der Waals surface area contributed by atoms with Crippen molar-refractivity contribution in [3.63, 3.8) is 0 Å². The van der Waals surface area contributed by atoms with E-state index in [2.05, 4.69) is 12.1 Å². The van der Waals surface area contributed by atoms with E-state index in [1.807, 2.05) is 17.0 Å². The Morgan fingerprint density at radius 1 is 1.08 bits per heavy atom. The topological polar surface area (TPSA) is 59.1 Å². The van der Waals surface area contributed by atoms with Gasteiger partial charge in [0.25, 0.3) is 0 Å². The van der Waals surface area contributed by atoms with Crippen molar-refractivity contribution in [3.8, 4) is 11.5 Å². The predicted octanol–water partition coefficient (Wildman–Crippen LogP) is 2.35. The third-order valence-electron chi connectivity index (χ3n) is 4.82. The number of amides is 2. The monoisotopic (exact) mass is 352 g/mol. The second-order valence-corrected chi connectivity index (χ2v) is 6.48. The molecule has 2 aromatic rings. The molecule has 4 rings (SSSR count). The van der Waals surface area contributed by atoms with Crippen molar-refractivity contribution in [2.45, 2.75) is 19.9 Å². The maximum Gasteiger partial charge on any atom is 0.242 e. The average Bonchev–Trinajstić information content (AvgIpc) is 3.13. The van der Waals surface area contributed by atoms with Gasteiger partial charge in [-0.1, -0.05) is 24.3 Å². The van der Waals surface area contributed by atoms with Gasteiger partial charge in [-0.25, -0.2) is 0 Å². The van der Waals surface area contributed by atoms with E-state index in [1.165, 1.54) is 23.0 Å². The van der Waals surface area contributed by atoms with Gasteiger partial charge in [-0.05, 0) is 29.7 Å². The lowest BCUT2D eigenvalue weighted by Crippen LogP contribution is -2.44. The quantitative estimate of drug-likeness (QED) is 0.851. The fourth-order valence-corrected chi connectivity index (χ4v) is 3.38. The molecule has 6 heteroatoms. The number of benzene rings is 2. The molecule has 0 spiro atoms. The molecule has 0 saturated heterocycles. The molecule has 0 N–H and O–H groups in total. The van der Waals surface area contributed by atoms with Crippen LogP contribution in [0.4, 0.5) is 5.69 Å². The molecule has 2 aliphatic rings. The van der Waals surface area contributed by atoms with E-state index in [-0.39, 0.29) is 25.2 Å². The minimum Gasteiger partial charge on any atom is -0.454 e. The number of ether oxygens (including phenoxy) is 2. The molecule has 2 aliphatic heterocycles. The van der Waals surface area contributed by atoms with Crippen LogP contribution < -0.4 is 14.4 Å². The Morgan fingerprint density at radius 2 is 1.85 bits per heavy atom. The molecule has 0 radical (unpaired) electrons. The maximum atomic E-state index is 12.8. The van der Waals surface area contributed by atoms with Gasteiger partial charge in [0.05, 0.1) is 0 Å². The number of fused-ring (bicyclic) bond motifs is 2. The van der Waals surface area contributed by atoms with Crippen LogP contribution in [0.5, 0.6) is 11.5 Å². The molecular formula is C20H20N2O4. The highest BCUT2D eigenvalue weighted by atomic mass is 16.7. The molecule has 0 unspecified atom stereocenters. The predicted molar refractivity (Wildman–Crippen MR) is 96.2 cm³/mol. The molecule has 2 aromatic carbocycles. The Balaban J connectivity index is 1.50. The van der Waals surface area contributed by atoms with Crippen molar-refractivity contribution in [3.05, 3.63) is 53.6 Å². The van der Waals surface area contributed by atoms with Crippen LogP contribution >= 0.6 is 0 Å². The lowest BCUT2D eigenvalue weighted by Gasteiger charge is -2.31. The fraction of sp³-hybridized carbons (Fsp3) is 0.300. The van der Waals surface area contributed by atoms with Crippen LogP contribution in [0.3, 0.4) is 0 Å². The number of carbonyl (C=O) groups excluding carboxylic acids is 2. The zero-order valence-electron chi connectivity index (χ0n) is 14.6. The normalized spacial score (nSPS) is 14.7. The molecule has 2 heterocycles. The molecule has 0 atom stereocenters. The summed E-state index contributed by atoms with van der Waals surface area (Å²) in [7, 11) is 0. The summed E-state index contributed by atoms with van der Waals surface area (Å²) in [5, 5.41) is 0. The SMILES string of the molecule is CC(=O)N(CC(=O)N1CCc2ccccc2C1)c1ccc2c(c1)OCO2. The summed E-state index contributed by atoms with van der Waals surface area (Å²) < 4.78 is 10.7. The van der Waals surface area contributed by atoms with Crippen molar-refractivity contribution in [1.82, 2.24) is 4.90 Å². The highest BCUT2D eigenvalue weighted by molar-refractivity contribution is 5.97. The van der Waals surface area contributed by atoms with E-state index in [9.17, 15) is 9.59 Å². The molecule has 0 fully saturated rings. The fourth-order valence-electron chi connectivity index (χ4n) is 3.38. The first-order valence-electron chi connectivity index (χ1n) is 8.64. The minimum absolute atomic E-state index is 0.0111. The second-order valence-electron chi connectivity index (χ2n) is 6.48. The lowest BCUT2D eigenvalue weighted by molar-refractivity contribution is -0.132. The number of anilines is 1. The van der Waals surface area contributed by atoms with Crippen LogP contribution in [0.15, 0.2) is 42.5 Å². The molecule has 26 heavy (non-hydrogen) atoms. The van der Waals surface area contributed by atoms with Gasteiger partial charge in [0.1, 0.15) is 6.54 Å². The van der Waals surface area contributed by atoms with E-state index >= 15 is 0 Å². The van der Waals surface area contributed by atoms with Crippen LogP contribution in [-0.2, 0) is 22.6 Å². The Hall–Kier alpha value is -3.02. The first kappa shape index (κ1) is 16.4. The van der Waals surface area contributed by atoms with Gasteiger partial charge in [-0.3, -0.25) is 9.59 Å². The van der Waals surface area contributed by atoms with Crippen LogP contribution in [0, 0.1) is 0 Å². The minimum atomic E-state index is -0.186. The van der Waals surface area contributed by atoms with Crippen LogP contribution in [0.25, 0.3) is 0 Å². The highest BCUT2D eigenvalue weighted by Crippen LogP contribution is 2.35. The highest BCUT2D eigenvalue weighted by Gasteiger charge is 2.25. The third kappa shape index (κ3) is 3.10. The molecule has 0 aromatic heterocycles. The molecule has 6 nitrogen and oxygen atoms in total. The Bertz CT molecular complexity index is 865. The largest absolute Gasteiger partial charge is 0.454 e. The Kier molecular flexibility index (Phi) is 4.24. The molecule has 0 aliphatic carbocycles. The summed E-state index contributed by atoms with van der Waals surface area (Å²) in [4.78, 5) is 28.2. The van der Waals surface area contributed by atoms with Gasteiger partial charge in [-0.15, -0.1) is 0 Å². The molecule has 0 saturated carbocycles. The van der Waals surface area contributed by atoms with E-state index < -0.39 is 0 Å². The van der Waals surface area contributed by atoms with Gasteiger partial charge < -0.3 is 19.3 Å². The van der Waals surface area contributed by atoms with Crippen LogP contribution in [0.2, 0.25) is 0 Å². The Labute approximate surface area is 151 Å². The zero-order chi connectivity index (χ0) is 18.1. The standard InChI is InChI=1S/C20H20N2O4/c1-14(23)22(17-6-7-18-19(10-17)26-13-25-18)12-20(24)21-9-8-15-4-2-3-5-16(15)11-21/h2-7,10H,8-9,11-13H2,1H3. The number of hydrogen-bond donors (Lipinski definition) is 0. The van der Waals surface area contributed by atoms with Crippen LogP contribution in [0.1, 0.15) is 18.1 Å². The number of nitrogens with zero attached hydrogens (tertiary/aromatic N) is 2. The number of carbonyl (C=O) groups is 2. The average molecular weight is 352 g/mol. The van der Waals surface area contributed by atoms with Crippen molar-refractivity contribution < 1.29 is 19.1 Å². The third-order valence-corrected chi connectivity index (χ3v) is 4.82.